The molecule has 0 aliphatic rings. The number of carbonyl (C=O) groups is 1. The number of nitrogens with two attached hydrogens (primary N) is 1. The summed E-state index contributed by atoms with van der Waals surface area (Å²) in [6, 6.07) is 11.1. The van der Waals surface area contributed by atoms with Gasteiger partial charge in [-0.05, 0) is 24.3 Å². The maximum atomic E-state index is 14.0. The number of furan rings is 1. The van der Waals surface area contributed by atoms with Crippen LogP contribution in [0.1, 0.15) is 16.1 Å². The van der Waals surface area contributed by atoms with Crippen molar-refractivity contribution < 1.29 is 22.7 Å². The molecule has 0 radical (unpaired) electrons. The molecule has 6 heteroatoms. The lowest BCUT2D eigenvalue weighted by atomic mass is 10.1. The first-order chi connectivity index (χ1) is 10.6. The molecule has 22 heavy (non-hydrogen) atoms. The van der Waals surface area contributed by atoms with E-state index in [0.29, 0.717) is 11.3 Å². The van der Waals surface area contributed by atoms with Crippen LogP contribution in [0.5, 0.6) is 5.75 Å². The first kappa shape index (κ1) is 14.1. The van der Waals surface area contributed by atoms with Crippen molar-refractivity contribution in [1.82, 2.24) is 0 Å². The van der Waals surface area contributed by atoms with E-state index in [-0.39, 0.29) is 12.4 Å². The van der Waals surface area contributed by atoms with E-state index in [0.717, 1.165) is 17.5 Å². The molecule has 3 aromatic rings. The van der Waals surface area contributed by atoms with Crippen molar-refractivity contribution in [3.63, 3.8) is 0 Å². The second kappa shape index (κ2) is 5.48. The zero-order valence-corrected chi connectivity index (χ0v) is 11.3. The second-order valence-corrected chi connectivity index (χ2v) is 4.64. The third-order valence-electron chi connectivity index (χ3n) is 3.15. The zero-order chi connectivity index (χ0) is 15.7. The zero-order valence-electron chi connectivity index (χ0n) is 11.3. The summed E-state index contributed by atoms with van der Waals surface area (Å²) in [5.74, 6) is -3.13. The quantitative estimate of drug-likeness (QED) is 0.803. The van der Waals surface area contributed by atoms with Gasteiger partial charge in [-0.1, -0.05) is 18.2 Å². The summed E-state index contributed by atoms with van der Waals surface area (Å²) in [4.78, 5) is 11.1. The molecule has 0 spiro atoms. The van der Waals surface area contributed by atoms with Gasteiger partial charge < -0.3 is 14.9 Å². The number of fused-ring (bicyclic) bond motifs is 1. The summed E-state index contributed by atoms with van der Waals surface area (Å²) in [5, 5.41) is 0.888. The van der Waals surface area contributed by atoms with Crippen molar-refractivity contribution in [3.05, 3.63) is 65.4 Å². The molecule has 0 atom stereocenters. The first-order valence-electron chi connectivity index (χ1n) is 6.44. The number of rotatable bonds is 4. The average Bonchev–Trinajstić information content (AvgIpc) is 2.89. The van der Waals surface area contributed by atoms with E-state index < -0.39 is 23.1 Å². The molecule has 4 nitrogen and oxygen atoms in total. The molecule has 2 aromatic carbocycles. The third kappa shape index (κ3) is 2.50. The number of benzene rings is 2. The number of hydrogen-bond donors (Lipinski definition) is 1. The largest absolute Gasteiger partial charge is 0.483 e. The van der Waals surface area contributed by atoms with Crippen LogP contribution in [0.2, 0.25) is 0 Å². The molecule has 0 unspecified atom stereocenters. The van der Waals surface area contributed by atoms with Crippen molar-refractivity contribution in [2.24, 2.45) is 5.73 Å². The Labute approximate surface area is 124 Å². The van der Waals surface area contributed by atoms with Crippen LogP contribution in [0.4, 0.5) is 8.78 Å². The van der Waals surface area contributed by atoms with Gasteiger partial charge in [0, 0.05) is 5.39 Å². The molecule has 1 aromatic heterocycles. The Balaban J connectivity index is 1.84. The third-order valence-corrected chi connectivity index (χ3v) is 3.15. The van der Waals surface area contributed by atoms with E-state index in [2.05, 4.69) is 0 Å². The van der Waals surface area contributed by atoms with Crippen molar-refractivity contribution in [2.75, 3.05) is 0 Å². The van der Waals surface area contributed by atoms with Crippen LogP contribution in [0.15, 0.2) is 46.9 Å². The molecule has 0 saturated heterocycles. The fourth-order valence-corrected chi connectivity index (χ4v) is 2.13. The monoisotopic (exact) mass is 303 g/mol. The molecule has 0 fully saturated rings. The Morgan fingerprint density at radius 3 is 2.68 bits per heavy atom. The molecule has 1 amide bonds. The SMILES string of the molecule is NC(=O)c1c(F)ccc(OCc2cc3ccccc3o2)c1F. The predicted molar refractivity (Wildman–Crippen MR) is 75.4 cm³/mol. The van der Waals surface area contributed by atoms with Gasteiger partial charge in [-0.15, -0.1) is 0 Å². The van der Waals surface area contributed by atoms with Gasteiger partial charge in [0.15, 0.2) is 11.6 Å². The smallest absolute Gasteiger partial charge is 0.254 e. The van der Waals surface area contributed by atoms with E-state index in [1.54, 1.807) is 12.1 Å². The van der Waals surface area contributed by atoms with Gasteiger partial charge in [-0.3, -0.25) is 4.79 Å². The van der Waals surface area contributed by atoms with E-state index in [9.17, 15) is 13.6 Å². The van der Waals surface area contributed by atoms with Crippen LogP contribution in [-0.4, -0.2) is 5.91 Å². The standard InChI is InChI=1S/C16H11F2NO3/c17-11-5-6-13(15(18)14(11)16(19)20)21-8-10-7-9-3-1-2-4-12(9)22-10/h1-7H,8H2,(H2,19,20). The highest BCUT2D eigenvalue weighted by molar-refractivity contribution is 5.93. The molecule has 0 bridgehead atoms. The van der Waals surface area contributed by atoms with Gasteiger partial charge in [0.1, 0.15) is 29.3 Å². The number of amides is 1. The van der Waals surface area contributed by atoms with Crippen molar-refractivity contribution >= 4 is 16.9 Å². The summed E-state index contributed by atoms with van der Waals surface area (Å²) in [6.07, 6.45) is 0. The molecule has 112 valence electrons. The van der Waals surface area contributed by atoms with E-state index in [4.69, 9.17) is 14.9 Å². The molecule has 0 saturated carbocycles. The molecule has 0 aliphatic heterocycles. The summed E-state index contributed by atoms with van der Waals surface area (Å²) in [6.45, 7) is -0.0601. The van der Waals surface area contributed by atoms with Crippen LogP contribution in [0.25, 0.3) is 11.0 Å². The second-order valence-electron chi connectivity index (χ2n) is 4.64. The Kier molecular flexibility index (Phi) is 3.50. The van der Waals surface area contributed by atoms with E-state index >= 15 is 0 Å². The van der Waals surface area contributed by atoms with Crippen LogP contribution in [0.3, 0.4) is 0 Å². The Morgan fingerprint density at radius 1 is 1.18 bits per heavy atom. The van der Waals surface area contributed by atoms with Gasteiger partial charge in [0.25, 0.3) is 5.91 Å². The molecule has 3 rings (SSSR count). The minimum Gasteiger partial charge on any atom is -0.483 e. The fourth-order valence-electron chi connectivity index (χ4n) is 2.13. The van der Waals surface area contributed by atoms with Crippen molar-refractivity contribution in [2.45, 2.75) is 6.61 Å². The number of hydrogen-bond acceptors (Lipinski definition) is 3. The Morgan fingerprint density at radius 2 is 1.95 bits per heavy atom. The molecular formula is C16H11F2NO3. The minimum atomic E-state index is -1.19. The summed E-state index contributed by atoms with van der Waals surface area (Å²) in [5.41, 5.74) is 4.81. The highest BCUT2D eigenvalue weighted by atomic mass is 19.1. The van der Waals surface area contributed by atoms with Gasteiger partial charge in [0.05, 0.1) is 0 Å². The summed E-state index contributed by atoms with van der Waals surface area (Å²) < 4.78 is 38.1. The molecular weight excluding hydrogens is 292 g/mol. The lowest BCUT2D eigenvalue weighted by Crippen LogP contribution is -2.16. The van der Waals surface area contributed by atoms with Gasteiger partial charge >= 0.3 is 0 Å². The normalized spacial score (nSPS) is 10.8. The average molecular weight is 303 g/mol. The summed E-state index contributed by atoms with van der Waals surface area (Å²) in [7, 11) is 0. The van der Waals surface area contributed by atoms with Gasteiger partial charge in [-0.25, -0.2) is 8.78 Å². The number of ether oxygens (including phenoxy) is 1. The number of halogens is 2. The number of primary amides is 1. The van der Waals surface area contributed by atoms with E-state index in [1.165, 1.54) is 0 Å². The maximum absolute atomic E-state index is 14.0. The molecule has 0 aliphatic carbocycles. The topological polar surface area (TPSA) is 65.5 Å². The fraction of sp³-hybridized carbons (Fsp3) is 0.0625. The minimum absolute atomic E-state index is 0.0601. The van der Waals surface area contributed by atoms with Gasteiger partial charge in [-0.2, -0.15) is 0 Å². The predicted octanol–water partition coefficient (Wildman–Crippen LogP) is 3.39. The van der Waals surface area contributed by atoms with Crippen molar-refractivity contribution in [3.8, 4) is 5.75 Å². The van der Waals surface area contributed by atoms with Gasteiger partial charge in [0.2, 0.25) is 0 Å². The maximum Gasteiger partial charge on any atom is 0.254 e. The Hall–Kier alpha value is -2.89. The summed E-state index contributed by atoms with van der Waals surface area (Å²) >= 11 is 0. The van der Waals surface area contributed by atoms with Crippen LogP contribution in [0, 0.1) is 11.6 Å². The Bertz CT molecular complexity index is 825. The number of carbonyl (C=O) groups excluding carboxylic acids is 1. The first-order valence-corrected chi connectivity index (χ1v) is 6.44. The van der Waals surface area contributed by atoms with Crippen molar-refractivity contribution in [1.29, 1.82) is 0 Å². The van der Waals surface area contributed by atoms with Crippen LogP contribution in [-0.2, 0) is 6.61 Å². The van der Waals surface area contributed by atoms with Crippen LogP contribution >= 0.6 is 0 Å². The lowest BCUT2D eigenvalue weighted by Gasteiger charge is -2.08. The number of para-hydroxylation sites is 1. The van der Waals surface area contributed by atoms with Crippen LogP contribution < -0.4 is 10.5 Å². The van der Waals surface area contributed by atoms with E-state index in [1.807, 2.05) is 18.2 Å². The lowest BCUT2D eigenvalue weighted by molar-refractivity contribution is 0.0991. The molecule has 2 N–H and O–H groups in total. The highest BCUT2D eigenvalue weighted by Crippen LogP contribution is 2.25. The molecule has 1 heterocycles. The highest BCUT2D eigenvalue weighted by Gasteiger charge is 2.19.